The Morgan fingerprint density at radius 3 is 2.11 bits per heavy atom. The van der Waals surface area contributed by atoms with Crippen molar-refractivity contribution in [1.29, 1.82) is 0 Å². The van der Waals surface area contributed by atoms with Gasteiger partial charge < -0.3 is 10.6 Å². The molecule has 0 radical (unpaired) electrons. The van der Waals surface area contributed by atoms with Gasteiger partial charge in [0, 0.05) is 0 Å². The number of hydrogen-bond acceptors (Lipinski definition) is 5. The highest BCUT2D eigenvalue weighted by molar-refractivity contribution is 7.89. The molecule has 1 heterocycles. The smallest absolute Gasteiger partial charge is 0.352 e. The molecule has 1 aromatic rings. The number of primary sulfonamides is 1. The highest BCUT2D eigenvalue weighted by Gasteiger charge is 2.38. The van der Waals surface area contributed by atoms with E-state index < -0.39 is 32.9 Å². The summed E-state index contributed by atoms with van der Waals surface area (Å²) in [6.07, 6.45) is -5.61. The van der Waals surface area contributed by atoms with Crippen molar-refractivity contribution in [3.05, 3.63) is 17.7 Å². The molecule has 0 saturated heterocycles. The Hall–Kier alpha value is -1.52. The summed E-state index contributed by atoms with van der Waals surface area (Å²) in [6, 6.07) is 1.47. The number of alkyl halides is 3. The van der Waals surface area contributed by atoms with Gasteiger partial charge in [-0.25, -0.2) is 13.6 Å². The number of sulfonamides is 1. The van der Waals surface area contributed by atoms with E-state index in [0.717, 1.165) is 6.07 Å². The zero-order chi connectivity index (χ0) is 13.7. The molecule has 6 nitrogen and oxygen atoms in total. The van der Waals surface area contributed by atoms with Gasteiger partial charge in [0.1, 0.15) is 0 Å². The Bertz CT molecular complexity index is 599. The van der Waals surface area contributed by atoms with Gasteiger partial charge in [0.05, 0.1) is 21.8 Å². The summed E-state index contributed by atoms with van der Waals surface area (Å²) >= 11 is 0. The van der Waals surface area contributed by atoms with Crippen LogP contribution in [0.1, 0.15) is 5.56 Å². The third kappa shape index (κ3) is 2.21. The van der Waals surface area contributed by atoms with Crippen molar-refractivity contribution < 1.29 is 21.6 Å². The van der Waals surface area contributed by atoms with Crippen LogP contribution in [0.5, 0.6) is 0 Å². The first kappa shape index (κ1) is 12.9. The van der Waals surface area contributed by atoms with Crippen LogP contribution < -0.4 is 21.5 Å². The summed E-state index contributed by atoms with van der Waals surface area (Å²) in [6.45, 7) is 0. The molecule has 0 bridgehead atoms. The highest BCUT2D eigenvalue weighted by atomic mass is 32.2. The minimum absolute atomic E-state index is 0.0715. The molecule has 0 spiro atoms. The summed E-state index contributed by atoms with van der Waals surface area (Å²) in [5, 5.41) is 9.86. The molecule has 2 rings (SSSR count). The van der Waals surface area contributed by atoms with E-state index in [4.69, 9.17) is 10.9 Å². The van der Waals surface area contributed by atoms with Crippen LogP contribution in [-0.2, 0) is 16.2 Å². The molecule has 18 heavy (non-hydrogen) atoms. The van der Waals surface area contributed by atoms with Gasteiger partial charge >= 0.3 is 6.18 Å². The molecule has 0 saturated carbocycles. The number of nitrogens with two attached hydrogens (primary N) is 2. The molecule has 0 amide bonds. The normalized spacial score (nSPS) is 19.1. The first-order valence-corrected chi connectivity index (χ1v) is 6.20. The number of benzene rings is 1. The predicted octanol–water partition coefficient (Wildman–Crippen LogP) is 0.432. The lowest BCUT2D eigenvalue weighted by molar-refractivity contribution is -0.139. The second-order valence-corrected chi connectivity index (χ2v) is 5.23. The molecular formula is C8H9F3N4O2S. The van der Waals surface area contributed by atoms with E-state index in [0.29, 0.717) is 6.07 Å². The van der Waals surface area contributed by atoms with Crippen LogP contribution in [0.4, 0.5) is 24.5 Å². The predicted molar refractivity (Wildman–Crippen MR) is 58.0 cm³/mol. The average Bonchev–Trinajstić information content (AvgIpc) is 2.52. The van der Waals surface area contributed by atoms with Crippen molar-refractivity contribution in [3.8, 4) is 0 Å². The molecule has 0 aromatic heterocycles. The molecule has 10 heteroatoms. The Morgan fingerprint density at radius 2 is 1.67 bits per heavy atom. The quantitative estimate of drug-likeness (QED) is 0.597. The SMILES string of the molecule is NC1Nc2cc(C(F)(F)F)c(S(N)(=O)=O)cc2N1. The topological polar surface area (TPSA) is 110 Å². The van der Waals surface area contributed by atoms with Crippen LogP contribution in [0.25, 0.3) is 0 Å². The first-order valence-electron chi connectivity index (χ1n) is 4.66. The fraction of sp³-hybridized carbons (Fsp3) is 0.250. The van der Waals surface area contributed by atoms with Gasteiger partial charge in [-0.15, -0.1) is 0 Å². The second-order valence-electron chi connectivity index (χ2n) is 3.70. The molecular weight excluding hydrogens is 273 g/mol. The highest BCUT2D eigenvalue weighted by Crippen LogP contribution is 2.40. The molecule has 1 aromatic carbocycles. The van der Waals surface area contributed by atoms with Gasteiger partial charge in [-0.2, -0.15) is 13.2 Å². The van der Waals surface area contributed by atoms with Gasteiger partial charge in [-0.05, 0) is 12.1 Å². The number of fused-ring (bicyclic) bond motifs is 1. The van der Waals surface area contributed by atoms with Crippen LogP contribution in [-0.4, -0.2) is 14.7 Å². The summed E-state index contributed by atoms with van der Waals surface area (Å²) in [7, 11) is -4.48. The third-order valence-corrected chi connectivity index (χ3v) is 3.30. The Morgan fingerprint density at radius 1 is 1.17 bits per heavy atom. The molecule has 100 valence electrons. The Kier molecular flexibility index (Phi) is 2.68. The average molecular weight is 282 g/mol. The lowest BCUT2D eigenvalue weighted by Crippen LogP contribution is -2.31. The van der Waals surface area contributed by atoms with Crippen LogP contribution in [0.3, 0.4) is 0 Å². The van der Waals surface area contributed by atoms with Crippen molar-refractivity contribution in [2.75, 3.05) is 10.6 Å². The third-order valence-electron chi connectivity index (χ3n) is 2.35. The molecule has 6 N–H and O–H groups in total. The monoisotopic (exact) mass is 282 g/mol. The molecule has 1 aliphatic heterocycles. The van der Waals surface area contributed by atoms with E-state index in [1.54, 1.807) is 0 Å². The maximum atomic E-state index is 12.7. The molecule has 1 unspecified atom stereocenters. The largest absolute Gasteiger partial charge is 0.417 e. The number of nitrogens with one attached hydrogen (secondary N) is 2. The minimum atomic E-state index is -4.83. The number of rotatable bonds is 1. The molecule has 1 atom stereocenters. The maximum absolute atomic E-state index is 12.7. The van der Waals surface area contributed by atoms with Gasteiger partial charge in [-0.1, -0.05) is 0 Å². The van der Waals surface area contributed by atoms with E-state index >= 15 is 0 Å². The minimum Gasteiger partial charge on any atom is -0.352 e. The Balaban J connectivity index is 2.70. The van der Waals surface area contributed by atoms with Gasteiger partial charge in [-0.3, -0.25) is 5.73 Å². The van der Waals surface area contributed by atoms with Crippen molar-refractivity contribution in [1.82, 2.24) is 0 Å². The van der Waals surface area contributed by atoms with Crippen molar-refractivity contribution in [2.45, 2.75) is 17.4 Å². The molecule has 1 aliphatic rings. The summed E-state index contributed by atoms with van der Waals surface area (Å²) < 4.78 is 60.6. The number of halogens is 3. The lowest BCUT2D eigenvalue weighted by Gasteiger charge is -2.13. The summed E-state index contributed by atoms with van der Waals surface area (Å²) in [5.41, 5.74) is 4.32. The maximum Gasteiger partial charge on any atom is 0.417 e. The van der Waals surface area contributed by atoms with Gasteiger partial charge in [0.25, 0.3) is 0 Å². The number of hydrogen-bond donors (Lipinski definition) is 4. The summed E-state index contributed by atoms with van der Waals surface area (Å²) in [5.74, 6) is 0. The van der Waals surface area contributed by atoms with Crippen LogP contribution in [0, 0.1) is 0 Å². The zero-order valence-corrected chi connectivity index (χ0v) is 9.56. The first-order chi connectivity index (χ1) is 8.09. The zero-order valence-electron chi connectivity index (χ0n) is 8.75. The van der Waals surface area contributed by atoms with E-state index in [9.17, 15) is 21.6 Å². The van der Waals surface area contributed by atoms with Crippen LogP contribution in [0.15, 0.2) is 17.0 Å². The van der Waals surface area contributed by atoms with E-state index in [2.05, 4.69) is 10.6 Å². The van der Waals surface area contributed by atoms with Gasteiger partial charge in [0.15, 0.2) is 6.29 Å². The number of anilines is 2. The van der Waals surface area contributed by atoms with Crippen LogP contribution >= 0.6 is 0 Å². The fourth-order valence-corrected chi connectivity index (χ4v) is 2.41. The van der Waals surface area contributed by atoms with Crippen molar-refractivity contribution in [2.24, 2.45) is 10.9 Å². The van der Waals surface area contributed by atoms with E-state index in [1.165, 1.54) is 0 Å². The Labute approximate surface area is 100 Å². The fourth-order valence-electron chi connectivity index (χ4n) is 1.65. The molecule has 0 aliphatic carbocycles. The van der Waals surface area contributed by atoms with E-state index in [1.807, 2.05) is 0 Å². The van der Waals surface area contributed by atoms with Crippen LogP contribution in [0.2, 0.25) is 0 Å². The van der Waals surface area contributed by atoms with Crippen molar-refractivity contribution in [3.63, 3.8) is 0 Å². The second kappa shape index (κ2) is 3.73. The lowest BCUT2D eigenvalue weighted by atomic mass is 10.1. The molecule has 0 fully saturated rings. The standard InChI is InChI=1S/C8H9F3N4O2S/c9-8(10,11)3-1-4-5(15-7(12)14-4)2-6(3)18(13,16)17/h1-2,7,14-15H,12H2,(H2,13,16,17). The van der Waals surface area contributed by atoms with E-state index in [-0.39, 0.29) is 11.4 Å². The van der Waals surface area contributed by atoms with Gasteiger partial charge in [0.2, 0.25) is 10.0 Å². The summed E-state index contributed by atoms with van der Waals surface area (Å²) in [4.78, 5) is -0.989. The van der Waals surface area contributed by atoms with Crippen molar-refractivity contribution >= 4 is 21.4 Å².